The van der Waals surface area contributed by atoms with E-state index >= 15 is 0 Å². The summed E-state index contributed by atoms with van der Waals surface area (Å²) in [6.45, 7) is 4.52. The van der Waals surface area contributed by atoms with Gasteiger partial charge < -0.3 is 4.40 Å². The normalized spacial score (nSPS) is 12.2. The van der Waals surface area contributed by atoms with Crippen molar-refractivity contribution in [1.29, 1.82) is 0 Å². The smallest absolute Gasteiger partial charge is 0.224 e. The lowest BCUT2D eigenvalue weighted by Crippen LogP contribution is -2.29. The van der Waals surface area contributed by atoms with E-state index in [2.05, 4.69) is 115 Å². The zero-order chi connectivity index (χ0) is 22.3. The number of nitrogens with zero attached hydrogens (tertiary/aromatic N) is 2. The number of aryl methyl sites for hydroxylation is 3. The highest BCUT2D eigenvalue weighted by atomic mass is 32.2. The van der Waals surface area contributed by atoms with E-state index in [1.165, 1.54) is 69.9 Å². The zero-order valence-corrected chi connectivity index (χ0v) is 19.7. The van der Waals surface area contributed by atoms with Crippen molar-refractivity contribution in [2.75, 3.05) is 0 Å². The molecular weight excluding hydrogens is 420 g/mol. The molecule has 0 spiro atoms. The largest absolute Gasteiger partial charge is 0.307 e. The summed E-state index contributed by atoms with van der Waals surface area (Å²) in [6, 6.07) is 28.9. The summed E-state index contributed by atoms with van der Waals surface area (Å²) in [5, 5.41) is 6.65. The molecule has 0 saturated carbocycles. The van der Waals surface area contributed by atoms with Gasteiger partial charge in [-0.05, 0) is 66.8 Å². The summed E-state index contributed by atoms with van der Waals surface area (Å²) in [4.78, 5) is 2.53. The fraction of sp³-hybridized carbons (Fsp3) is 0.100. The van der Waals surface area contributed by atoms with Crippen LogP contribution in [-0.4, -0.2) is 4.40 Å². The van der Waals surface area contributed by atoms with E-state index in [4.69, 9.17) is 0 Å². The van der Waals surface area contributed by atoms with E-state index in [0.29, 0.717) is 0 Å². The van der Waals surface area contributed by atoms with Crippen molar-refractivity contribution in [2.24, 2.45) is 7.05 Å². The number of hydrogen-bond acceptors (Lipinski definition) is 1. The lowest BCUT2D eigenvalue weighted by atomic mass is 9.96. The first kappa shape index (κ1) is 19.0. The average Bonchev–Trinajstić information content (AvgIpc) is 3.15. The van der Waals surface area contributed by atoms with Crippen molar-refractivity contribution in [3.8, 4) is 0 Å². The Morgan fingerprint density at radius 1 is 0.727 bits per heavy atom. The number of pyridine rings is 2. The van der Waals surface area contributed by atoms with Crippen LogP contribution in [0.1, 0.15) is 11.1 Å². The third-order valence-corrected chi connectivity index (χ3v) is 8.10. The van der Waals surface area contributed by atoms with Crippen LogP contribution in [0.5, 0.6) is 0 Å². The van der Waals surface area contributed by atoms with Crippen LogP contribution in [0.4, 0.5) is 0 Å². The van der Waals surface area contributed by atoms with Crippen LogP contribution in [-0.2, 0) is 7.05 Å². The molecule has 0 fully saturated rings. The maximum atomic E-state index is 2.51. The summed E-state index contributed by atoms with van der Waals surface area (Å²) in [7, 11) is 2.18. The number of fused-ring (bicyclic) bond motifs is 5. The number of para-hydroxylation sites is 1. The number of benzene rings is 4. The Labute approximate surface area is 196 Å². The lowest BCUT2D eigenvalue weighted by Gasteiger charge is -2.15. The first-order valence-corrected chi connectivity index (χ1v) is 12.2. The monoisotopic (exact) mass is 443 g/mol. The van der Waals surface area contributed by atoms with Crippen molar-refractivity contribution < 1.29 is 4.57 Å². The average molecular weight is 444 g/mol. The third-order valence-electron chi connectivity index (χ3n) is 7.12. The SMILES string of the molecule is Cc1cc2c3ccccc3n3c4cc(Sc5ccccc5)cc5cc[n+](C)c(c(c1C)c23)c54. The van der Waals surface area contributed by atoms with E-state index in [-0.39, 0.29) is 0 Å². The fourth-order valence-electron chi connectivity index (χ4n) is 5.51. The van der Waals surface area contributed by atoms with E-state index in [1.54, 1.807) is 0 Å². The number of hydrogen-bond donors (Lipinski definition) is 0. The summed E-state index contributed by atoms with van der Waals surface area (Å²) >= 11 is 1.83. The molecule has 4 aromatic carbocycles. The Morgan fingerprint density at radius 3 is 2.36 bits per heavy atom. The molecule has 0 atom stereocenters. The molecule has 3 heterocycles. The molecule has 33 heavy (non-hydrogen) atoms. The molecule has 3 aromatic heterocycles. The van der Waals surface area contributed by atoms with Gasteiger partial charge in [0.1, 0.15) is 7.05 Å². The van der Waals surface area contributed by atoms with Gasteiger partial charge >= 0.3 is 0 Å². The molecule has 3 heteroatoms. The molecule has 0 aliphatic carbocycles. The Balaban J connectivity index is 1.75. The molecule has 0 radical (unpaired) electrons. The maximum absolute atomic E-state index is 2.51. The van der Waals surface area contributed by atoms with Gasteiger partial charge in [0, 0.05) is 26.6 Å². The van der Waals surface area contributed by atoms with Crippen molar-refractivity contribution in [2.45, 2.75) is 23.6 Å². The summed E-state index contributed by atoms with van der Waals surface area (Å²) in [5.74, 6) is 0. The fourth-order valence-corrected chi connectivity index (χ4v) is 6.43. The molecule has 0 unspecified atom stereocenters. The number of aromatic nitrogens is 2. The molecule has 2 nitrogen and oxygen atoms in total. The molecule has 158 valence electrons. The van der Waals surface area contributed by atoms with Crippen LogP contribution in [0.3, 0.4) is 0 Å². The minimum atomic E-state index is 1.26. The van der Waals surface area contributed by atoms with Crippen LogP contribution in [0.25, 0.3) is 49.0 Å². The quantitative estimate of drug-likeness (QED) is 0.152. The predicted molar refractivity (Wildman–Crippen MR) is 140 cm³/mol. The molecule has 0 aliphatic heterocycles. The molecule has 0 N–H and O–H groups in total. The van der Waals surface area contributed by atoms with Gasteiger partial charge in [-0.2, -0.15) is 0 Å². The highest BCUT2D eigenvalue weighted by Gasteiger charge is 2.25. The Bertz CT molecular complexity index is 1860. The topological polar surface area (TPSA) is 8.29 Å². The predicted octanol–water partition coefficient (Wildman–Crippen LogP) is 7.58. The van der Waals surface area contributed by atoms with Crippen LogP contribution in [0.2, 0.25) is 0 Å². The van der Waals surface area contributed by atoms with Crippen LogP contribution in [0.15, 0.2) is 94.9 Å². The highest BCUT2D eigenvalue weighted by molar-refractivity contribution is 7.99. The molecule has 0 amide bonds. The van der Waals surface area contributed by atoms with Gasteiger partial charge in [-0.1, -0.05) is 48.2 Å². The molecule has 0 saturated heterocycles. The van der Waals surface area contributed by atoms with Gasteiger partial charge in [-0.3, -0.25) is 0 Å². The molecule has 7 aromatic rings. The summed E-state index contributed by atoms with van der Waals surface area (Å²) in [6.07, 6.45) is 2.21. The van der Waals surface area contributed by atoms with Crippen molar-refractivity contribution in [3.63, 3.8) is 0 Å². The second-order valence-corrected chi connectivity index (χ2v) is 10.2. The van der Waals surface area contributed by atoms with Gasteiger partial charge in [0.05, 0.1) is 27.3 Å². The molecular formula is C30H23N2S+. The van der Waals surface area contributed by atoms with Crippen molar-refractivity contribution in [1.82, 2.24) is 4.40 Å². The first-order chi connectivity index (χ1) is 16.1. The Hall–Kier alpha value is -3.56. The van der Waals surface area contributed by atoms with E-state index in [1.807, 2.05) is 11.8 Å². The van der Waals surface area contributed by atoms with Gasteiger partial charge in [0.25, 0.3) is 0 Å². The third kappa shape index (κ3) is 2.54. The van der Waals surface area contributed by atoms with E-state index in [0.717, 1.165) is 0 Å². The van der Waals surface area contributed by atoms with Gasteiger partial charge in [0.15, 0.2) is 6.20 Å². The second-order valence-electron chi connectivity index (χ2n) is 9.04. The van der Waals surface area contributed by atoms with Gasteiger partial charge in [-0.25, -0.2) is 4.57 Å². The second kappa shape index (κ2) is 6.72. The highest BCUT2D eigenvalue weighted by Crippen LogP contribution is 2.43. The van der Waals surface area contributed by atoms with Crippen LogP contribution < -0.4 is 4.57 Å². The first-order valence-electron chi connectivity index (χ1n) is 11.4. The maximum Gasteiger partial charge on any atom is 0.224 e. The lowest BCUT2D eigenvalue weighted by molar-refractivity contribution is -0.643. The van der Waals surface area contributed by atoms with E-state index in [9.17, 15) is 0 Å². The minimum absolute atomic E-state index is 1.26. The standard InChI is InChI=1S/C30H23N2S/c1-18-15-24-23-11-7-8-12-25(23)32-26-17-22(33-21-9-5-4-6-10-21)16-20-13-14-31(3)30(28(20)26)27(19(18)2)29(24)32/h4-17H,1-3H3/q+1. The van der Waals surface area contributed by atoms with E-state index < -0.39 is 0 Å². The molecule has 0 bridgehead atoms. The number of rotatable bonds is 2. The molecule has 7 rings (SSSR count). The van der Waals surface area contributed by atoms with Gasteiger partial charge in [-0.15, -0.1) is 0 Å². The van der Waals surface area contributed by atoms with Crippen molar-refractivity contribution >= 4 is 60.8 Å². The zero-order valence-electron chi connectivity index (χ0n) is 18.9. The van der Waals surface area contributed by atoms with Crippen LogP contribution in [0, 0.1) is 13.8 Å². The summed E-state index contributed by atoms with van der Waals surface area (Å²) in [5.41, 5.74) is 7.91. The van der Waals surface area contributed by atoms with Crippen molar-refractivity contribution in [3.05, 3.63) is 96.2 Å². The Kier molecular flexibility index (Phi) is 3.86. The minimum Gasteiger partial charge on any atom is -0.307 e. The molecule has 0 aliphatic rings. The summed E-state index contributed by atoms with van der Waals surface area (Å²) < 4.78 is 4.81. The van der Waals surface area contributed by atoms with Gasteiger partial charge in [0.2, 0.25) is 5.52 Å². The Morgan fingerprint density at radius 2 is 1.52 bits per heavy atom. The van der Waals surface area contributed by atoms with Crippen LogP contribution >= 0.6 is 11.8 Å².